The lowest BCUT2D eigenvalue weighted by Crippen LogP contribution is -2.45. The first-order chi connectivity index (χ1) is 12.2. The van der Waals surface area contributed by atoms with Crippen molar-refractivity contribution >= 4 is 28.4 Å². The summed E-state index contributed by atoms with van der Waals surface area (Å²) in [7, 11) is 1.66. The number of methoxy groups -OCH3 is 1. The van der Waals surface area contributed by atoms with Crippen LogP contribution in [0.2, 0.25) is 5.02 Å². The van der Waals surface area contributed by atoms with E-state index in [1.807, 2.05) is 18.2 Å². The first kappa shape index (κ1) is 14.7. The second kappa shape index (κ2) is 5.17. The number of amides is 1. The van der Waals surface area contributed by atoms with Crippen LogP contribution in [-0.4, -0.2) is 29.4 Å². The number of ether oxygens (including phenoxy) is 2. The van der Waals surface area contributed by atoms with Gasteiger partial charge in [0.2, 0.25) is 6.23 Å². The largest absolute Gasteiger partial charge is 0.497 e. The van der Waals surface area contributed by atoms with Crippen molar-refractivity contribution < 1.29 is 14.3 Å². The van der Waals surface area contributed by atoms with Gasteiger partial charge in [-0.15, -0.1) is 0 Å². The molecule has 0 radical (unpaired) electrons. The number of carbonyl (C=O) groups excluding carboxylic acids is 1. The lowest BCUT2D eigenvalue weighted by Gasteiger charge is -2.39. The lowest BCUT2D eigenvalue weighted by molar-refractivity contribution is 0.00204. The summed E-state index contributed by atoms with van der Waals surface area (Å²) in [6.45, 7) is 0.614. The Kier molecular flexibility index (Phi) is 3.03. The van der Waals surface area contributed by atoms with Crippen molar-refractivity contribution in [3.05, 3.63) is 58.2 Å². The first-order valence-corrected chi connectivity index (χ1v) is 8.49. The Bertz CT molecular complexity index is 1030. The maximum atomic E-state index is 12.9. The molecule has 3 aromatic rings. The Morgan fingerprint density at radius 3 is 3.00 bits per heavy atom. The maximum Gasteiger partial charge on any atom is 0.260 e. The summed E-state index contributed by atoms with van der Waals surface area (Å²) < 4.78 is 11.5. The highest BCUT2D eigenvalue weighted by atomic mass is 35.5. The molecule has 126 valence electrons. The zero-order valence-electron chi connectivity index (χ0n) is 13.5. The molecule has 0 aliphatic carbocycles. The van der Waals surface area contributed by atoms with Crippen LogP contribution in [0.3, 0.4) is 0 Å². The van der Waals surface area contributed by atoms with E-state index in [2.05, 4.69) is 4.98 Å². The molecule has 6 heteroatoms. The quantitative estimate of drug-likeness (QED) is 0.720. The summed E-state index contributed by atoms with van der Waals surface area (Å²) in [5.41, 5.74) is 3.67. The number of carbonyl (C=O) groups is 1. The molecule has 2 aromatic carbocycles. The van der Waals surface area contributed by atoms with Gasteiger partial charge in [0.1, 0.15) is 11.5 Å². The molecule has 25 heavy (non-hydrogen) atoms. The predicted octanol–water partition coefficient (Wildman–Crippen LogP) is 3.92. The van der Waals surface area contributed by atoms with Crippen molar-refractivity contribution in [3.8, 4) is 11.5 Å². The Morgan fingerprint density at radius 1 is 1.28 bits per heavy atom. The van der Waals surface area contributed by atoms with Gasteiger partial charge in [-0.2, -0.15) is 0 Å². The molecule has 3 heterocycles. The fourth-order valence-electron chi connectivity index (χ4n) is 3.74. The molecule has 0 fully saturated rings. The van der Waals surface area contributed by atoms with Crippen molar-refractivity contribution in [3.63, 3.8) is 0 Å². The van der Waals surface area contributed by atoms with Crippen LogP contribution in [0.25, 0.3) is 10.9 Å². The van der Waals surface area contributed by atoms with Crippen molar-refractivity contribution in [2.45, 2.75) is 12.6 Å². The molecule has 5 nitrogen and oxygen atoms in total. The normalized spacial score (nSPS) is 18.4. The van der Waals surface area contributed by atoms with Gasteiger partial charge in [-0.1, -0.05) is 11.6 Å². The Morgan fingerprint density at radius 2 is 2.16 bits per heavy atom. The number of fused-ring (bicyclic) bond motifs is 6. The molecule has 2 aliphatic rings. The Balaban J connectivity index is 1.66. The smallest absolute Gasteiger partial charge is 0.260 e. The molecular weight excluding hydrogens is 340 g/mol. The summed E-state index contributed by atoms with van der Waals surface area (Å²) >= 11 is 6.07. The van der Waals surface area contributed by atoms with Crippen LogP contribution < -0.4 is 9.47 Å². The summed E-state index contributed by atoms with van der Waals surface area (Å²) in [6.07, 6.45) is 0.317. The summed E-state index contributed by atoms with van der Waals surface area (Å²) in [4.78, 5) is 18.1. The molecule has 1 unspecified atom stereocenters. The third kappa shape index (κ3) is 2.05. The standard InChI is InChI=1S/C19H15ClN2O3/c1-24-11-3-5-15-14(9-11)12-6-7-22-18(23)13-4-2-10(20)8-16(13)25-19(22)17(12)21-15/h2-5,8-9,19,21H,6-7H2,1H3. The number of rotatable bonds is 1. The summed E-state index contributed by atoms with van der Waals surface area (Å²) in [5, 5.41) is 1.67. The van der Waals surface area contributed by atoms with E-state index in [0.29, 0.717) is 22.9 Å². The van der Waals surface area contributed by atoms with Gasteiger partial charge >= 0.3 is 0 Å². The van der Waals surface area contributed by atoms with E-state index < -0.39 is 6.23 Å². The van der Waals surface area contributed by atoms with Crippen LogP contribution in [0.1, 0.15) is 27.8 Å². The third-order valence-electron chi connectivity index (χ3n) is 4.95. The van der Waals surface area contributed by atoms with E-state index >= 15 is 0 Å². The second-order valence-electron chi connectivity index (χ2n) is 6.29. The van der Waals surface area contributed by atoms with E-state index in [0.717, 1.165) is 28.8 Å². The highest BCUT2D eigenvalue weighted by molar-refractivity contribution is 6.30. The van der Waals surface area contributed by atoms with E-state index in [1.54, 1.807) is 30.2 Å². The van der Waals surface area contributed by atoms with E-state index in [4.69, 9.17) is 21.1 Å². The zero-order chi connectivity index (χ0) is 17.1. The third-order valence-corrected chi connectivity index (χ3v) is 5.19. The first-order valence-electron chi connectivity index (χ1n) is 8.11. The van der Waals surface area contributed by atoms with Crippen LogP contribution in [0.15, 0.2) is 36.4 Å². The van der Waals surface area contributed by atoms with Gasteiger partial charge in [0.15, 0.2) is 0 Å². The molecule has 5 rings (SSSR count). The number of aromatic amines is 1. The van der Waals surface area contributed by atoms with Gasteiger partial charge in [-0.05, 0) is 48.4 Å². The second-order valence-corrected chi connectivity index (χ2v) is 6.72. The minimum absolute atomic E-state index is 0.0233. The van der Waals surface area contributed by atoms with Gasteiger partial charge in [0.05, 0.1) is 18.4 Å². The van der Waals surface area contributed by atoms with Crippen molar-refractivity contribution in [1.29, 1.82) is 0 Å². The highest BCUT2D eigenvalue weighted by Crippen LogP contribution is 2.42. The number of benzene rings is 2. The molecular formula is C19H15ClN2O3. The molecule has 0 spiro atoms. The van der Waals surface area contributed by atoms with Gasteiger partial charge < -0.3 is 14.5 Å². The summed E-state index contributed by atoms with van der Waals surface area (Å²) in [6, 6.07) is 11.1. The molecule has 1 atom stereocenters. The van der Waals surface area contributed by atoms with Gasteiger partial charge in [0.25, 0.3) is 5.91 Å². The number of hydrogen-bond donors (Lipinski definition) is 1. The van der Waals surface area contributed by atoms with Gasteiger partial charge in [0, 0.05) is 22.5 Å². The van der Waals surface area contributed by atoms with E-state index in [1.165, 1.54) is 5.56 Å². The molecule has 1 amide bonds. The Hall–Kier alpha value is -2.66. The maximum absolute atomic E-state index is 12.9. The number of hydrogen-bond acceptors (Lipinski definition) is 3. The monoisotopic (exact) mass is 354 g/mol. The highest BCUT2D eigenvalue weighted by Gasteiger charge is 2.40. The fraction of sp³-hybridized carbons (Fsp3) is 0.211. The van der Waals surface area contributed by atoms with Crippen molar-refractivity contribution in [2.75, 3.05) is 13.7 Å². The number of nitrogens with one attached hydrogen (secondary N) is 1. The van der Waals surface area contributed by atoms with Crippen LogP contribution in [0, 0.1) is 0 Å². The van der Waals surface area contributed by atoms with Crippen molar-refractivity contribution in [2.24, 2.45) is 0 Å². The molecule has 0 saturated carbocycles. The molecule has 2 aliphatic heterocycles. The SMILES string of the molecule is COc1ccc2[nH]c3c(c2c1)CCN1C(=O)c2ccc(Cl)cc2OC31. The Labute approximate surface area is 149 Å². The van der Waals surface area contributed by atoms with Crippen LogP contribution in [0.5, 0.6) is 11.5 Å². The number of aromatic nitrogens is 1. The summed E-state index contributed by atoms with van der Waals surface area (Å²) in [5.74, 6) is 1.32. The van der Waals surface area contributed by atoms with E-state index in [-0.39, 0.29) is 5.91 Å². The zero-order valence-corrected chi connectivity index (χ0v) is 14.3. The average Bonchev–Trinajstić information content (AvgIpc) is 3.00. The van der Waals surface area contributed by atoms with Gasteiger partial charge in [-0.3, -0.25) is 9.69 Å². The minimum atomic E-state index is -0.458. The number of nitrogens with zero attached hydrogens (tertiary/aromatic N) is 1. The molecule has 1 aromatic heterocycles. The number of halogens is 1. The fourth-order valence-corrected chi connectivity index (χ4v) is 3.90. The van der Waals surface area contributed by atoms with Crippen LogP contribution in [-0.2, 0) is 6.42 Å². The van der Waals surface area contributed by atoms with Gasteiger partial charge in [-0.25, -0.2) is 0 Å². The predicted molar refractivity (Wildman–Crippen MR) is 94.4 cm³/mol. The van der Waals surface area contributed by atoms with Crippen LogP contribution >= 0.6 is 11.6 Å². The van der Waals surface area contributed by atoms with E-state index in [9.17, 15) is 4.79 Å². The number of H-pyrrole nitrogens is 1. The van der Waals surface area contributed by atoms with Crippen LogP contribution in [0.4, 0.5) is 0 Å². The average molecular weight is 355 g/mol. The topological polar surface area (TPSA) is 54.6 Å². The molecule has 1 N–H and O–H groups in total. The molecule has 0 saturated heterocycles. The lowest BCUT2D eigenvalue weighted by atomic mass is 9.99. The van der Waals surface area contributed by atoms with Crippen molar-refractivity contribution in [1.82, 2.24) is 9.88 Å². The molecule has 0 bridgehead atoms. The minimum Gasteiger partial charge on any atom is -0.497 e.